The molecule has 6 nitrogen and oxygen atoms in total. The quantitative estimate of drug-likeness (QED) is 0.737. The number of carboxylic acid groups (broad SMARTS) is 1. The zero-order valence-electron chi connectivity index (χ0n) is 13.3. The molecule has 0 unspecified atom stereocenters. The van der Waals surface area contributed by atoms with E-state index in [0.29, 0.717) is 12.8 Å². The van der Waals surface area contributed by atoms with Crippen molar-refractivity contribution in [2.75, 3.05) is 13.1 Å². The van der Waals surface area contributed by atoms with Gasteiger partial charge in [0, 0.05) is 12.1 Å². The van der Waals surface area contributed by atoms with E-state index in [1.165, 1.54) is 18.2 Å². The Morgan fingerprint density at radius 2 is 1.83 bits per heavy atom. The van der Waals surface area contributed by atoms with Crippen LogP contribution in [0, 0.1) is 11.2 Å². The standard InChI is InChI=1S/C17H21FN2O4/c18-13-6-4-5-12(9-13)15(22)19-10-14(21)20-11-17(16(23)24)7-2-1-3-8-17/h4-6,9H,1-3,7-8,10-11H2,(H,19,22)(H,20,21)(H,23,24). The van der Waals surface area contributed by atoms with Crippen molar-refractivity contribution in [3.05, 3.63) is 35.6 Å². The van der Waals surface area contributed by atoms with Crippen LogP contribution in [-0.4, -0.2) is 36.0 Å². The van der Waals surface area contributed by atoms with Crippen LogP contribution in [0.3, 0.4) is 0 Å². The zero-order chi connectivity index (χ0) is 17.6. The van der Waals surface area contributed by atoms with Crippen LogP contribution in [0.5, 0.6) is 0 Å². The number of hydrogen-bond acceptors (Lipinski definition) is 3. The fourth-order valence-corrected chi connectivity index (χ4v) is 2.92. The highest BCUT2D eigenvalue weighted by molar-refractivity contribution is 5.96. The molecule has 1 aromatic rings. The minimum absolute atomic E-state index is 0.0526. The van der Waals surface area contributed by atoms with Crippen LogP contribution in [0.15, 0.2) is 24.3 Å². The van der Waals surface area contributed by atoms with Crippen molar-refractivity contribution in [1.29, 1.82) is 0 Å². The van der Waals surface area contributed by atoms with E-state index < -0.39 is 29.0 Å². The third-order valence-corrected chi connectivity index (χ3v) is 4.38. The minimum Gasteiger partial charge on any atom is -0.481 e. The van der Waals surface area contributed by atoms with E-state index in [0.717, 1.165) is 25.3 Å². The number of aliphatic carboxylic acids is 1. The number of carbonyl (C=O) groups is 3. The van der Waals surface area contributed by atoms with Crippen molar-refractivity contribution >= 4 is 17.8 Å². The third kappa shape index (κ3) is 4.53. The SMILES string of the molecule is O=C(CNC(=O)c1cccc(F)c1)NCC1(C(=O)O)CCCCC1. The molecule has 0 spiro atoms. The maximum Gasteiger partial charge on any atom is 0.311 e. The molecule has 2 amide bonds. The summed E-state index contributed by atoms with van der Waals surface area (Å²) in [6.45, 7) is -0.234. The summed E-state index contributed by atoms with van der Waals surface area (Å²) in [4.78, 5) is 35.2. The molecule has 0 atom stereocenters. The first-order valence-corrected chi connectivity index (χ1v) is 7.97. The van der Waals surface area contributed by atoms with Gasteiger partial charge in [-0.25, -0.2) is 4.39 Å². The fraction of sp³-hybridized carbons (Fsp3) is 0.471. The molecule has 0 bridgehead atoms. The molecule has 0 heterocycles. The molecule has 1 aromatic carbocycles. The Morgan fingerprint density at radius 1 is 1.12 bits per heavy atom. The molecule has 3 N–H and O–H groups in total. The monoisotopic (exact) mass is 336 g/mol. The summed E-state index contributed by atoms with van der Waals surface area (Å²) in [6, 6.07) is 5.15. The lowest BCUT2D eigenvalue weighted by molar-refractivity contribution is -0.151. The molecule has 2 rings (SSSR count). The van der Waals surface area contributed by atoms with Gasteiger partial charge in [-0.05, 0) is 31.0 Å². The molecule has 0 radical (unpaired) electrons. The molecule has 0 aliphatic heterocycles. The van der Waals surface area contributed by atoms with Crippen LogP contribution in [-0.2, 0) is 9.59 Å². The second kappa shape index (κ2) is 7.90. The average molecular weight is 336 g/mol. The minimum atomic E-state index is -0.916. The lowest BCUT2D eigenvalue weighted by Crippen LogP contribution is -2.46. The van der Waals surface area contributed by atoms with E-state index in [1.807, 2.05) is 0 Å². The molecule has 1 fully saturated rings. The largest absolute Gasteiger partial charge is 0.481 e. The first-order chi connectivity index (χ1) is 11.4. The first-order valence-electron chi connectivity index (χ1n) is 7.97. The van der Waals surface area contributed by atoms with Crippen molar-refractivity contribution in [3.8, 4) is 0 Å². The predicted molar refractivity (Wildman–Crippen MR) is 84.9 cm³/mol. The summed E-state index contributed by atoms with van der Waals surface area (Å²) < 4.78 is 13.1. The van der Waals surface area contributed by atoms with Crippen molar-refractivity contribution in [1.82, 2.24) is 10.6 Å². The van der Waals surface area contributed by atoms with Gasteiger partial charge in [-0.3, -0.25) is 14.4 Å². The van der Waals surface area contributed by atoms with E-state index in [1.54, 1.807) is 0 Å². The van der Waals surface area contributed by atoms with Gasteiger partial charge in [-0.1, -0.05) is 25.3 Å². The number of amides is 2. The molecule has 1 saturated carbocycles. The maximum atomic E-state index is 13.1. The highest BCUT2D eigenvalue weighted by atomic mass is 19.1. The Hall–Kier alpha value is -2.44. The van der Waals surface area contributed by atoms with Gasteiger partial charge < -0.3 is 15.7 Å². The van der Waals surface area contributed by atoms with Crippen molar-refractivity contribution < 1.29 is 23.9 Å². The van der Waals surface area contributed by atoms with Crippen LogP contribution < -0.4 is 10.6 Å². The predicted octanol–water partition coefficient (Wildman–Crippen LogP) is 1.71. The van der Waals surface area contributed by atoms with Crippen LogP contribution in [0.2, 0.25) is 0 Å². The molecule has 24 heavy (non-hydrogen) atoms. The van der Waals surface area contributed by atoms with Gasteiger partial charge in [0.1, 0.15) is 5.82 Å². The number of carboxylic acids is 1. The van der Waals surface area contributed by atoms with Crippen molar-refractivity contribution in [2.24, 2.45) is 5.41 Å². The summed E-state index contributed by atoms with van der Waals surface area (Å²) in [5, 5.41) is 14.4. The number of rotatable bonds is 6. The van der Waals surface area contributed by atoms with E-state index in [4.69, 9.17) is 0 Å². The second-order valence-corrected chi connectivity index (χ2v) is 6.12. The lowest BCUT2D eigenvalue weighted by atomic mass is 9.74. The normalized spacial score (nSPS) is 16.2. The van der Waals surface area contributed by atoms with Gasteiger partial charge in [-0.15, -0.1) is 0 Å². The fourth-order valence-electron chi connectivity index (χ4n) is 2.92. The molecular weight excluding hydrogens is 315 g/mol. The zero-order valence-corrected chi connectivity index (χ0v) is 13.3. The summed E-state index contributed by atoms with van der Waals surface area (Å²) in [6.07, 6.45) is 3.75. The van der Waals surface area contributed by atoms with Gasteiger partial charge in [-0.2, -0.15) is 0 Å². The molecule has 7 heteroatoms. The Labute approximate surface area is 139 Å². The molecule has 1 aliphatic carbocycles. The summed E-state index contributed by atoms with van der Waals surface area (Å²) in [7, 11) is 0. The van der Waals surface area contributed by atoms with Crippen LogP contribution in [0.1, 0.15) is 42.5 Å². The van der Waals surface area contributed by atoms with Crippen LogP contribution >= 0.6 is 0 Å². The van der Waals surface area contributed by atoms with Crippen LogP contribution in [0.4, 0.5) is 4.39 Å². The Morgan fingerprint density at radius 3 is 2.46 bits per heavy atom. The Kier molecular flexibility index (Phi) is 5.89. The average Bonchev–Trinajstić information content (AvgIpc) is 2.58. The van der Waals surface area contributed by atoms with E-state index in [-0.39, 0.29) is 18.7 Å². The molecule has 1 aliphatic rings. The summed E-state index contributed by atoms with van der Waals surface area (Å²) >= 11 is 0. The van der Waals surface area contributed by atoms with E-state index in [2.05, 4.69) is 10.6 Å². The number of nitrogens with one attached hydrogen (secondary N) is 2. The molecule has 130 valence electrons. The highest BCUT2D eigenvalue weighted by Gasteiger charge is 2.39. The third-order valence-electron chi connectivity index (χ3n) is 4.38. The summed E-state index contributed by atoms with van der Waals surface area (Å²) in [5.74, 6) is -2.46. The number of carbonyl (C=O) groups excluding carboxylic acids is 2. The number of halogens is 1. The molecule has 0 aromatic heterocycles. The lowest BCUT2D eigenvalue weighted by Gasteiger charge is -2.33. The van der Waals surface area contributed by atoms with Gasteiger partial charge >= 0.3 is 5.97 Å². The number of benzene rings is 1. The summed E-state index contributed by atoms with van der Waals surface area (Å²) in [5.41, 5.74) is -0.794. The topological polar surface area (TPSA) is 95.5 Å². The van der Waals surface area contributed by atoms with Crippen molar-refractivity contribution in [2.45, 2.75) is 32.1 Å². The van der Waals surface area contributed by atoms with Gasteiger partial charge in [0.25, 0.3) is 5.91 Å². The molecular formula is C17H21FN2O4. The van der Waals surface area contributed by atoms with E-state index in [9.17, 15) is 23.9 Å². The highest BCUT2D eigenvalue weighted by Crippen LogP contribution is 2.35. The van der Waals surface area contributed by atoms with Crippen LogP contribution in [0.25, 0.3) is 0 Å². The first kappa shape index (κ1) is 17.9. The maximum absolute atomic E-state index is 13.1. The van der Waals surface area contributed by atoms with Gasteiger partial charge in [0.05, 0.1) is 12.0 Å². The van der Waals surface area contributed by atoms with Gasteiger partial charge in [0.2, 0.25) is 5.91 Å². The molecule has 0 saturated heterocycles. The van der Waals surface area contributed by atoms with Crippen molar-refractivity contribution in [3.63, 3.8) is 0 Å². The Balaban J connectivity index is 1.82. The second-order valence-electron chi connectivity index (χ2n) is 6.12. The van der Waals surface area contributed by atoms with Gasteiger partial charge in [0.15, 0.2) is 0 Å². The Bertz CT molecular complexity index is 627. The van der Waals surface area contributed by atoms with E-state index >= 15 is 0 Å². The number of hydrogen-bond donors (Lipinski definition) is 3. The smallest absolute Gasteiger partial charge is 0.311 e.